The predicted molar refractivity (Wildman–Crippen MR) is 73.1 cm³/mol. The summed E-state index contributed by atoms with van der Waals surface area (Å²) in [5, 5.41) is 11.7. The van der Waals surface area contributed by atoms with Gasteiger partial charge in [-0.2, -0.15) is 0 Å². The van der Waals surface area contributed by atoms with E-state index < -0.39 is 12.0 Å². The average Bonchev–Trinajstić information content (AvgIpc) is 2.31. The third-order valence-electron chi connectivity index (χ3n) is 3.78. The largest absolute Gasteiger partial charge is 0.480 e. The molecule has 1 saturated heterocycles. The number of carboxylic acids is 1. The molecule has 1 aliphatic rings. The van der Waals surface area contributed by atoms with Crippen LogP contribution in [0, 0.1) is 0 Å². The second-order valence-electron chi connectivity index (χ2n) is 5.78. The van der Waals surface area contributed by atoms with Crippen molar-refractivity contribution in [3.63, 3.8) is 0 Å². The number of likely N-dealkylation sites (N-methyl/N-ethyl adjacent to an activating group) is 1. The van der Waals surface area contributed by atoms with Crippen LogP contribution in [-0.4, -0.2) is 65.2 Å². The average molecular weight is 271 g/mol. The maximum atomic E-state index is 12.1. The maximum absolute atomic E-state index is 12.1. The molecule has 0 aromatic rings. The Morgan fingerprint density at radius 1 is 1.37 bits per heavy atom. The van der Waals surface area contributed by atoms with Crippen LogP contribution in [0.5, 0.6) is 0 Å². The summed E-state index contributed by atoms with van der Waals surface area (Å²) in [6.45, 7) is 8.09. The van der Waals surface area contributed by atoms with Gasteiger partial charge < -0.3 is 15.3 Å². The number of nitrogens with zero attached hydrogens (tertiary/aromatic N) is 2. The number of amides is 2. The Hall–Kier alpha value is -1.30. The van der Waals surface area contributed by atoms with E-state index in [1.165, 1.54) is 0 Å². The Morgan fingerprint density at radius 2 is 2.00 bits per heavy atom. The van der Waals surface area contributed by atoms with Gasteiger partial charge in [0.25, 0.3) is 0 Å². The number of aliphatic carboxylic acids is 1. The van der Waals surface area contributed by atoms with Gasteiger partial charge in [-0.05, 0) is 27.3 Å². The van der Waals surface area contributed by atoms with Gasteiger partial charge in [-0.1, -0.05) is 13.3 Å². The van der Waals surface area contributed by atoms with Crippen molar-refractivity contribution in [3.8, 4) is 0 Å². The van der Waals surface area contributed by atoms with Gasteiger partial charge in [0.15, 0.2) is 0 Å². The number of carbonyl (C=O) groups excluding carboxylic acids is 1. The minimum absolute atomic E-state index is 0.0843. The SMILES string of the molecule is CCC[C@H](NC(=O)N1CCN(C)C(C)(C)C1)C(=O)O. The smallest absolute Gasteiger partial charge is 0.326 e. The van der Waals surface area contributed by atoms with Crippen molar-refractivity contribution in [2.75, 3.05) is 26.7 Å². The van der Waals surface area contributed by atoms with Crippen molar-refractivity contribution in [2.45, 2.75) is 45.2 Å². The molecule has 1 fully saturated rings. The molecule has 2 amide bonds. The van der Waals surface area contributed by atoms with Crippen molar-refractivity contribution in [2.24, 2.45) is 0 Å². The zero-order valence-corrected chi connectivity index (χ0v) is 12.3. The standard InChI is InChI=1S/C13H25N3O3/c1-5-6-10(11(17)18)14-12(19)16-8-7-15(4)13(2,3)9-16/h10H,5-9H2,1-4H3,(H,14,19)(H,17,18)/t10-/m0/s1. The van der Waals surface area contributed by atoms with Crippen molar-refractivity contribution < 1.29 is 14.7 Å². The highest BCUT2D eigenvalue weighted by Gasteiger charge is 2.34. The molecular weight excluding hydrogens is 246 g/mol. The van der Waals surface area contributed by atoms with Crippen LogP contribution in [0.2, 0.25) is 0 Å². The minimum Gasteiger partial charge on any atom is -0.480 e. The number of carbonyl (C=O) groups is 2. The molecule has 1 rings (SSSR count). The van der Waals surface area contributed by atoms with E-state index in [0.717, 1.165) is 13.0 Å². The van der Waals surface area contributed by atoms with Gasteiger partial charge in [-0.15, -0.1) is 0 Å². The van der Waals surface area contributed by atoms with E-state index in [1.807, 2.05) is 14.0 Å². The zero-order chi connectivity index (χ0) is 14.6. The monoisotopic (exact) mass is 271 g/mol. The lowest BCUT2D eigenvalue weighted by atomic mass is 10.00. The summed E-state index contributed by atoms with van der Waals surface area (Å²) in [4.78, 5) is 27.1. The quantitative estimate of drug-likeness (QED) is 0.799. The van der Waals surface area contributed by atoms with Crippen LogP contribution < -0.4 is 5.32 Å². The van der Waals surface area contributed by atoms with Crippen LogP contribution in [0.3, 0.4) is 0 Å². The summed E-state index contributed by atoms with van der Waals surface area (Å²) in [6, 6.07) is -1.07. The molecule has 0 aliphatic carbocycles. The predicted octanol–water partition coefficient (Wildman–Crippen LogP) is 0.975. The molecule has 0 saturated carbocycles. The molecule has 0 radical (unpaired) electrons. The Labute approximate surface area is 114 Å². The molecule has 6 nitrogen and oxygen atoms in total. The molecule has 0 aromatic carbocycles. The molecule has 0 bridgehead atoms. The fraction of sp³-hybridized carbons (Fsp3) is 0.846. The van der Waals surface area contributed by atoms with E-state index in [2.05, 4.69) is 24.1 Å². The summed E-state index contributed by atoms with van der Waals surface area (Å²) in [7, 11) is 2.03. The van der Waals surface area contributed by atoms with Crippen LogP contribution in [0.1, 0.15) is 33.6 Å². The van der Waals surface area contributed by atoms with Crippen LogP contribution in [0.25, 0.3) is 0 Å². The summed E-state index contributed by atoms with van der Waals surface area (Å²) < 4.78 is 0. The normalized spacial score (nSPS) is 20.9. The number of hydrogen-bond donors (Lipinski definition) is 2. The summed E-state index contributed by atoms with van der Waals surface area (Å²) >= 11 is 0. The third kappa shape index (κ3) is 4.09. The van der Waals surface area contributed by atoms with E-state index in [4.69, 9.17) is 5.11 Å². The van der Waals surface area contributed by atoms with Crippen molar-refractivity contribution in [1.29, 1.82) is 0 Å². The molecule has 6 heteroatoms. The van der Waals surface area contributed by atoms with Gasteiger partial charge in [0.05, 0.1) is 0 Å². The highest BCUT2D eigenvalue weighted by molar-refractivity contribution is 5.82. The zero-order valence-electron chi connectivity index (χ0n) is 12.3. The molecule has 1 heterocycles. The summed E-state index contributed by atoms with van der Waals surface area (Å²) in [5.74, 6) is -0.969. The van der Waals surface area contributed by atoms with Gasteiger partial charge in [-0.3, -0.25) is 4.90 Å². The molecule has 0 unspecified atom stereocenters. The fourth-order valence-corrected chi connectivity index (χ4v) is 2.20. The topological polar surface area (TPSA) is 72.9 Å². The molecule has 1 atom stereocenters. The lowest BCUT2D eigenvalue weighted by Gasteiger charge is -2.45. The highest BCUT2D eigenvalue weighted by Crippen LogP contribution is 2.18. The van der Waals surface area contributed by atoms with Crippen molar-refractivity contribution in [1.82, 2.24) is 15.1 Å². The van der Waals surface area contributed by atoms with Crippen LogP contribution >= 0.6 is 0 Å². The minimum atomic E-state index is -0.969. The van der Waals surface area contributed by atoms with Crippen molar-refractivity contribution in [3.05, 3.63) is 0 Å². The molecule has 19 heavy (non-hydrogen) atoms. The summed E-state index contributed by atoms with van der Waals surface area (Å²) in [6.07, 6.45) is 1.18. The molecular formula is C13H25N3O3. The van der Waals surface area contributed by atoms with E-state index in [1.54, 1.807) is 4.90 Å². The number of urea groups is 1. The Kier molecular flexibility index (Phi) is 5.17. The van der Waals surface area contributed by atoms with Crippen LogP contribution in [0.15, 0.2) is 0 Å². The van der Waals surface area contributed by atoms with Gasteiger partial charge >= 0.3 is 12.0 Å². The van der Waals surface area contributed by atoms with E-state index in [9.17, 15) is 9.59 Å². The molecule has 0 spiro atoms. The first-order valence-electron chi connectivity index (χ1n) is 6.77. The number of rotatable bonds is 4. The van der Waals surface area contributed by atoms with E-state index in [0.29, 0.717) is 19.5 Å². The van der Waals surface area contributed by atoms with Gasteiger partial charge in [-0.25, -0.2) is 9.59 Å². The van der Waals surface area contributed by atoms with Gasteiger partial charge in [0, 0.05) is 25.2 Å². The first kappa shape index (κ1) is 15.8. The maximum Gasteiger partial charge on any atom is 0.326 e. The Bertz CT molecular complexity index is 344. The molecule has 1 aliphatic heterocycles. The Morgan fingerprint density at radius 3 is 2.47 bits per heavy atom. The number of piperazine rings is 1. The number of carboxylic acid groups (broad SMARTS) is 1. The molecule has 2 N–H and O–H groups in total. The van der Waals surface area contributed by atoms with E-state index >= 15 is 0 Å². The van der Waals surface area contributed by atoms with Crippen LogP contribution in [-0.2, 0) is 4.79 Å². The number of nitrogens with one attached hydrogen (secondary N) is 1. The number of hydrogen-bond acceptors (Lipinski definition) is 3. The highest BCUT2D eigenvalue weighted by atomic mass is 16.4. The molecule has 0 aromatic heterocycles. The van der Waals surface area contributed by atoms with E-state index in [-0.39, 0.29) is 11.6 Å². The lowest BCUT2D eigenvalue weighted by molar-refractivity contribution is -0.139. The first-order chi connectivity index (χ1) is 8.77. The lowest BCUT2D eigenvalue weighted by Crippen LogP contribution is -2.61. The second-order valence-corrected chi connectivity index (χ2v) is 5.78. The van der Waals surface area contributed by atoms with Gasteiger partial charge in [0.2, 0.25) is 0 Å². The van der Waals surface area contributed by atoms with Gasteiger partial charge in [0.1, 0.15) is 6.04 Å². The molecule has 110 valence electrons. The van der Waals surface area contributed by atoms with Crippen molar-refractivity contribution >= 4 is 12.0 Å². The Balaban J connectivity index is 2.60. The van der Waals surface area contributed by atoms with Crippen LogP contribution in [0.4, 0.5) is 4.79 Å². The summed E-state index contributed by atoms with van der Waals surface area (Å²) in [5.41, 5.74) is -0.0843. The fourth-order valence-electron chi connectivity index (χ4n) is 2.20. The third-order valence-corrected chi connectivity index (χ3v) is 3.78. The first-order valence-corrected chi connectivity index (χ1v) is 6.77. The second kappa shape index (κ2) is 6.23.